The molecule has 0 spiro atoms. The Bertz CT molecular complexity index is 1680. The zero-order valence-corrected chi connectivity index (χ0v) is 30.6. The summed E-state index contributed by atoms with van der Waals surface area (Å²) in [6.07, 6.45) is 13.6. The van der Waals surface area contributed by atoms with Crippen molar-refractivity contribution < 1.29 is 38.2 Å². The van der Waals surface area contributed by atoms with Crippen LogP contribution < -0.4 is 20.9 Å². The number of amides is 5. The van der Waals surface area contributed by atoms with Crippen molar-refractivity contribution in [3.05, 3.63) is 54.4 Å². The maximum atomic E-state index is 14.6. The first-order chi connectivity index (χ1) is 24.9. The quantitative estimate of drug-likeness (QED) is 0.132. The number of rotatable bonds is 13. The highest BCUT2D eigenvalue weighted by atomic mass is 16.2. The molecule has 0 aromatic carbocycles. The Morgan fingerprint density at radius 2 is 1.73 bits per heavy atom. The fourth-order valence-electron chi connectivity index (χ4n) is 9.31. The molecule has 5 amide bonds. The number of nitrogens with one attached hydrogen (secondary N) is 4. The minimum absolute atomic E-state index is 0.0184. The van der Waals surface area contributed by atoms with Crippen LogP contribution >= 0.6 is 0 Å². The lowest BCUT2D eigenvalue weighted by atomic mass is 9.81. The Morgan fingerprint density at radius 1 is 0.981 bits per heavy atom. The Kier molecular flexibility index (Phi) is 11.0. The van der Waals surface area contributed by atoms with Gasteiger partial charge in [0.1, 0.15) is 17.8 Å². The highest BCUT2D eigenvalue weighted by molar-refractivity contribution is 6.38. The van der Waals surface area contributed by atoms with Gasteiger partial charge in [0, 0.05) is 44.2 Å². The minimum atomic E-state index is -0.949. The van der Waals surface area contributed by atoms with Gasteiger partial charge in [0.15, 0.2) is 12.1 Å². The molecule has 0 bridgehead atoms. The van der Waals surface area contributed by atoms with Crippen LogP contribution in [0.4, 0.5) is 0 Å². The van der Waals surface area contributed by atoms with E-state index in [0.717, 1.165) is 37.7 Å². The molecule has 278 valence electrons. The van der Waals surface area contributed by atoms with Crippen LogP contribution in [0.3, 0.4) is 0 Å². The fourth-order valence-corrected chi connectivity index (χ4v) is 9.31. The molecule has 3 saturated heterocycles. The van der Waals surface area contributed by atoms with E-state index in [2.05, 4.69) is 30.9 Å². The Morgan fingerprint density at radius 3 is 2.38 bits per heavy atom. The van der Waals surface area contributed by atoms with Crippen LogP contribution in [0.1, 0.15) is 95.1 Å². The van der Waals surface area contributed by atoms with E-state index < -0.39 is 53.1 Å². The van der Waals surface area contributed by atoms with Gasteiger partial charge in [-0.25, -0.2) is 19.1 Å². The number of β-lactam (4-membered cyclic amide) rings is 1. The summed E-state index contributed by atoms with van der Waals surface area (Å²) < 4.78 is -0.0796. The molecule has 52 heavy (non-hydrogen) atoms. The van der Waals surface area contributed by atoms with Gasteiger partial charge >= 0.3 is 11.8 Å². The van der Waals surface area contributed by atoms with Crippen molar-refractivity contribution >= 4 is 35.3 Å². The third kappa shape index (κ3) is 7.02. The minimum Gasteiger partial charge on any atom is -0.345 e. The van der Waals surface area contributed by atoms with Gasteiger partial charge in [-0.05, 0) is 35.8 Å². The molecular formula is C38H52N8O6+2. The van der Waals surface area contributed by atoms with Crippen molar-refractivity contribution in [2.45, 2.75) is 116 Å². The first-order valence-corrected chi connectivity index (χ1v) is 18.8. The lowest BCUT2D eigenvalue weighted by Gasteiger charge is -2.51. The Labute approximate surface area is 304 Å². The van der Waals surface area contributed by atoms with E-state index in [1.54, 1.807) is 18.5 Å². The monoisotopic (exact) mass is 716 g/mol. The predicted molar refractivity (Wildman–Crippen MR) is 188 cm³/mol. The molecule has 2 aromatic rings. The van der Waals surface area contributed by atoms with Crippen LogP contribution in [-0.2, 0) is 30.5 Å². The molecule has 2 aromatic heterocycles. The number of aromatic nitrogens is 3. The number of Topliss-reactive ketones (excluding diaryl/α,β-unsaturated/α-hetero) is 1. The van der Waals surface area contributed by atoms with Gasteiger partial charge in [-0.1, -0.05) is 59.4 Å². The summed E-state index contributed by atoms with van der Waals surface area (Å²) in [4.78, 5) is 96.0. The maximum Gasteiger partial charge on any atom is 0.379 e. The number of hydrogen-bond acceptors (Lipinski definition) is 9. The number of ketones is 1. The molecular weight excluding hydrogens is 664 g/mol. The van der Waals surface area contributed by atoms with Crippen LogP contribution in [0.2, 0.25) is 0 Å². The van der Waals surface area contributed by atoms with Gasteiger partial charge in [-0.3, -0.25) is 34.0 Å². The molecule has 8 atom stereocenters. The van der Waals surface area contributed by atoms with Crippen LogP contribution in [0.15, 0.2) is 43.1 Å². The summed E-state index contributed by atoms with van der Waals surface area (Å²) in [5.74, 6) is -2.82. The van der Waals surface area contributed by atoms with Crippen LogP contribution in [0, 0.1) is 17.3 Å². The number of hydrogen-bond donors (Lipinski definition) is 4. The smallest absolute Gasteiger partial charge is 0.345 e. The van der Waals surface area contributed by atoms with E-state index in [0.29, 0.717) is 37.3 Å². The molecule has 8 unspecified atom stereocenters. The van der Waals surface area contributed by atoms with Crippen molar-refractivity contribution in [2.24, 2.45) is 17.3 Å². The van der Waals surface area contributed by atoms with Crippen LogP contribution in [0.25, 0.3) is 0 Å². The van der Waals surface area contributed by atoms with Crippen molar-refractivity contribution in [3.8, 4) is 0 Å². The number of quaternary nitrogens is 2. The molecule has 4 fully saturated rings. The van der Waals surface area contributed by atoms with Gasteiger partial charge < -0.3 is 16.0 Å². The number of carbonyl (C=O) groups excluding carboxylic acids is 6. The summed E-state index contributed by atoms with van der Waals surface area (Å²) in [5.41, 5.74) is 0.148. The average Bonchev–Trinajstić information content (AvgIpc) is 3.67. The number of likely N-dealkylation sites (tertiary alicyclic amines) is 1. The zero-order valence-electron chi connectivity index (χ0n) is 30.6. The predicted octanol–water partition coefficient (Wildman–Crippen LogP) is 0.675. The number of pyridine rings is 1. The highest BCUT2D eigenvalue weighted by Gasteiger charge is 2.81. The average molecular weight is 717 g/mol. The molecule has 1 aliphatic carbocycles. The van der Waals surface area contributed by atoms with E-state index in [9.17, 15) is 28.8 Å². The summed E-state index contributed by atoms with van der Waals surface area (Å²) in [7, 11) is 0. The number of carbonyl (C=O) groups is 6. The second-order valence-electron chi connectivity index (χ2n) is 16.1. The van der Waals surface area contributed by atoms with E-state index in [1.165, 1.54) is 18.6 Å². The summed E-state index contributed by atoms with van der Waals surface area (Å²) >= 11 is 0. The standard InChI is InChI=1S/C38H50N8O6/c1-5-10-27(31(47)35(50)42-20-23-11-9-15-39-19-23)46-18-14-25-22-45(29(30(25)46)37(46)52)36(51)32(38(2,3)4)44-34(49)28(24-12-7-6-8-13-24)43-33(48)26-21-40-16-17-41-26/h9,11,15-17,19,21,24-25,27-30,32H,5-8,10,12-14,18,20,22H2,1-4H3,(H2-,42,43,44,48,49,50)/p+2. The van der Waals surface area contributed by atoms with Crippen molar-refractivity contribution in [3.63, 3.8) is 0 Å². The Hall–Kier alpha value is -4.43. The lowest BCUT2D eigenvalue weighted by Crippen LogP contribution is -3.22. The molecule has 4 aliphatic rings. The van der Waals surface area contributed by atoms with E-state index in [4.69, 9.17) is 0 Å². The largest absolute Gasteiger partial charge is 0.379 e. The SMILES string of the molecule is CCCC(C(=O)C(=O)NCc1cccnc1)[N+]12CCC3C[NH+](C(=O)C(NC(=O)C(NC(=O)c4cnccn4)C4CCCCC4)C(C)(C)C)C(C1=O)C32. The van der Waals surface area contributed by atoms with Crippen molar-refractivity contribution in [2.75, 3.05) is 13.1 Å². The van der Waals surface area contributed by atoms with Crippen LogP contribution in [-0.4, -0.2) is 98.1 Å². The van der Waals surface area contributed by atoms with E-state index >= 15 is 0 Å². The number of nitrogens with zero attached hydrogens (tertiary/aromatic N) is 4. The van der Waals surface area contributed by atoms with Crippen molar-refractivity contribution in [1.82, 2.24) is 30.9 Å². The van der Waals surface area contributed by atoms with E-state index in [1.807, 2.05) is 33.8 Å². The molecule has 1 saturated carbocycles. The topological polar surface area (TPSA) is 182 Å². The molecule has 0 radical (unpaired) electrons. The summed E-state index contributed by atoms with van der Waals surface area (Å²) in [6.45, 7) is 8.60. The molecule has 14 nitrogen and oxygen atoms in total. The maximum absolute atomic E-state index is 14.6. The summed E-state index contributed by atoms with van der Waals surface area (Å²) in [6, 6.07) is 0.0113. The summed E-state index contributed by atoms with van der Waals surface area (Å²) in [5, 5.41) is 8.65. The third-order valence-electron chi connectivity index (χ3n) is 11.8. The third-order valence-corrected chi connectivity index (χ3v) is 11.8. The second-order valence-corrected chi connectivity index (χ2v) is 16.1. The first-order valence-electron chi connectivity index (χ1n) is 18.8. The lowest BCUT2D eigenvalue weighted by molar-refractivity contribution is -0.965. The van der Waals surface area contributed by atoms with E-state index in [-0.39, 0.29) is 46.4 Å². The van der Waals surface area contributed by atoms with Gasteiger partial charge in [-0.15, -0.1) is 0 Å². The van der Waals surface area contributed by atoms with Crippen LogP contribution in [0.5, 0.6) is 0 Å². The van der Waals surface area contributed by atoms with Gasteiger partial charge in [0.05, 0.1) is 25.2 Å². The second kappa shape index (κ2) is 15.3. The van der Waals surface area contributed by atoms with Gasteiger partial charge in [0.2, 0.25) is 5.91 Å². The van der Waals surface area contributed by atoms with Crippen molar-refractivity contribution in [1.29, 1.82) is 0 Å². The normalized spacial score (nSPS) is 27.0. The van der Waals surface area contributed by atoms with Gasteiger partial charge in [0.25, 0.3) is 23.6 Å². The zero-order chi connectivity index (χ0) is 37.2. The fraction of sp³-hybridized carbons (Fsp3) is 0.605. The molecule has 5 heterocycles. The first kappa shape index (κ1) is 37.3. The van der Waals surface area contributed by atoms with Gasteiger partial charge in [-0.2, -0.15) is 0 Å². The Balaban J connectivity index is 1.19. The molecule has 14 heteroatoms. The molecule has 6 rings (SSSR count). The molecule has 4 N–H and O–H groups in total. The highest BCUT2D eigenvalue weighted by Crippen LogP contribution is 2.48. The molecule has 3 aliphatic heterocycles.